The van der Waals surface area contributed by atoms with E-state index < -0.39 is 0 Å². The molecule has 0 aliphatic rings. The Balaban J connectivity index is 1.79. The van der Waals surface area contributed by atoms with Crippen LogP contribution in [-0.2, 0) is 19.6 Å². The predicted molar refractivity (Wildman–Crippen MR) is 91.4 cm³/mol. The van der Waals surface area contributed by atoms with Crippen molar-refractivity contribution in [3.8, 4) is 0 Å². The molecule has 0 spiro atoms. The Morgan fingerprint density at radius 2 is 2.04 bits per heavy atom. The number of aromatic nitrogens is 4. The molecule has 2 aromatic heterocycles. The number of aliphatic hydroxyl groups is 1. The zero-order chi connectivity index (χ0) is 16.8. The monoisotopic (exact) mass is 319 g/mol. The molecular weight excluding hydrogens is 290 g/mol. The second kappa shape index (κ2) is 8.26. The van der Waals surface area contributed by atoms with Crippen LogP contribution in [0.1, 0.15) is 49.0 Å². The summed E-state index contributed by atoms with van der Waals surface area (Å²) in [4.78, 5) is 4.42. The van der Waals surface area contributed by atoms with Crippen molar-refractivity contribution in [3.63, 3.8) is 0 Å². The standard InChI is InChI=1S/C17H29N5O/c1-13(2)17-19-7-9-21(17)8-5-6-18-12-16-14(3)20-22(10-11-23)15(16)4/h7,9,13,18,23H,5-6,8,10-12H2,1-4H3. The number of nitrogens with zero attached hydrogens (tertiary/aromatic N) is 4. The van der Waals surface area contributed by atoms with Crippen LogP contribution < -0.4 is 5.32 Å². The molecule has 0 amide bonds. The van der Waals surface area contributed by atoms with Crippen molar-refractivity contribution in [3.05, 3.63) is 35.2 Å². The van der Waals surface area contributed by atoms with Crippen molar-refractivity contribution in [2.75, 3.05) is 13.2 Å². The van der Waals surface area contributed by atoms with Crippen LogP contribution in [0.2, 0.25) is 0 Å². The van der Waals surface area contributed by atoms with Crippen LogP contribution in [-0.4, -0.2) is 37.6 Å². The Bertz CT molecular complexity index is 615. The lowest BCUT2D eigenvalue weighted by Crippen LogP contribution is -2.18. The van der Waals surface area contributed by atoms with Gasteiger partial charge in [0.25, 0.3) is 0 Å². The van der Waals surface area contributed by atoms with Gasteiger partial charge in [-0.1, -0.05) is 13.8 Å². The summed E-state index contributed by atoms with van der Waals surface area (Å²) in [5.74, 6) is 1.61. The van der Waals surface area contributed by atoms with Crippen molar-refractivity contribution in [2.24, 2.45) is 0 Å². The molecular formula is C17H29N5O. The van der Waals surface area contributed by atoms with E-state index in [-0.39, 0.29) is 6.61 Å². The molecule has 6 nitrogen and oxygen atoms in total. The van der Waals surface area contributed by atoms with Gasteiger partial charge in [-0.2, -0.15) is 5.10 Å². The van der Waals surface area contributed by atoms with Crippen LogP contribution >= 0.6 is 0 Å². The first-order chi connectivity index (χ1) is 11.0. The summed E-state index contributed by atoms with van der Waals surface area (Å²) in [7, 11) is 0. The maximum atomic E-state index is 9.06. The molecule has 0 saturated heterocycles. The lowest BCUT2D eigenvalue weighted by molar-refractivity contribution is 0.267. The SMILES string of the molecule is Cc1nn(CCO)c(C)c1CNCCCn1ccnc1C(C)C. The normalized spacial score (nSPS) is 11.6. The van der Waals surface area contributed by atoms with Crippen LogP contribution in [0, 0.1) is 13.8 Å². The summed E-state index contributed by atoms with van der Waals surface area (Å²) in [6, 6.07) is 0. The average molecular weight is 319 g/mol. The van der Waals surface area contributed by atoms with Crippen molar-refractivity contribution in [2.45, 2.75) is 59.7 Å². The number of hydrogen-bond acceptors (Lipinski definition) is 4. The van der Waals surface area contributed by atoms with E-state index in [2.05, 4.69) is 46.9 Å². The van der Waals surface area contributed by atoms with Crippen molar-refractivity contribution in [1.29, 1.82) is 0 Å². The van der Waals surface area contributed by atoms with Crippen LogP contribution in [0.3, 0.4) is 0 Å². The minimum atomic E-state index is 0.123. The fourth-order valence-electron chi connectivity index (χ4n) is 2.90. The lowest BCUT2D eigenvalue weighted by Gasteiger charge is -2.11. The first-order valence-corrected chi connectivity index (χ1v) is 8.40. The molecule has 0 aromatic carbocycles. The highest BCUT2D eigenvalue weighted by atomic mass is 16.3. The minimum absolute atomic E-state index is 0.123. The summed E-state index contributed by atoms with van der Waals surface area (Å²) in [5, 5.41) is 17.0. The highest BCUT2D eigenvalue weighted by molar-refractivity contribution is 5.24. The van der Waals surface area contributed by atoms with Gasteiger partial charge in [-0.3, -0.25) is 4.68 Å². The van der Waals surface area contributed by atoms with Crippen molar-refractivity contribution in [1.82, 2.24) is 24.6 Å². The van der Waals surface area contributed by atoms with E-state index in [1.807, 2.05) is 17.8 Å². The van der Waals surface area contributed by atoms with E-state index in [9.17, 15) is 0 Å². The van der Waals surface area contributed by atoms with E-state index in [1.54, 1.807) is 0 Å². The van der Waals surface area contributed by atoms with Gasteiger partial charge in [0.15, 0.2) is 0 Å². The molecule has 0 aliphatic carbocycles. The lowest BCUT2D eigenvalue weighted by atomic mass is 10.2. The van der Waals surface area contributed by atoms with E-state index >= 15 is 0 Å². The highest BCUT2D eigenvalue weighted by Crippen LogP contribution is 2.13. The zero-order valence-corrected chi connectivity index (χ0v) is 14.7. The van der Waals surface area contributed by atoms with E-state index in [1.165, 1.54) is 5.56 Å². The molecule has 23 heavy (non-hydrogen) atoms. The first-order valence-electron chi connectivity index (χ1n) is 8.40. The first kappa shape index (κ1) is 17.7. The molecule has 0 aliphatic heterocycles. The third-order valence-corrected chi connectivity index (χ3v) is 4.16. The van der Waals surface area contributed by atoms with Gasteiger partial charge in [-0.05, 0) is 26.8 Å². The Kier molecular flexibility index (Phi) is 6.36. The van der Waals surface area contributed by atoms with Crippen LogP contribution in [0.4, 0.5) is 0 Å². The van der Waals surface area contributed by atoms with Gasteiger partial charge in [0, 0.05) is 42.7 Å². The van der Waals surface area contributed by atoms with Crippen molar-refractivity contribution >= 4 is 0 Å². The van der Waals surface area contributed by atoms with E-state index in [4.69, 9.17) is 5.11 Å². The third-order valence-electron chi connectivity index (χ3n) is 4.16. The molecule has 2 aromatic rings. The third kappa shape index (κ3) is 4.42. The molecule has 128 valence electrons. The molecule has 0 radical (unpaired) electrons. The summed E-state index contributed by atoms with van der Waals surface area (Å²) in [6.07, 6.45) is 5.01. The molecule has 0 fully saturated rings. The van der Waals surface area contributed by atoms with Gasteiger partial charge in [0.2, 0.25) is 0 Å². The molecule has 2 heterocycles. The number of rotatable bonds is 9. The second-order valence-electron chi connectivity index (χ2n) is 6.26. The van der Waals surface area contributed by atoms with E-state index in [0.29, 0.717) is 12.5 Å². The summed E-state index contributed by atoms with van der Waals surface area (Å²) in [6.45, 7) is 11.9. The van der Waals surface area contributed by atoms with Crippen LogP contribution in [0.25, 0.3) is 0 Å². The second-order valence-corrected chi connectivity index (χ2v) is 6.26. The molecule has 0 unspecified atom stereocenters. The number of imidazole rings is 1. The Labute approximate surface area is 138 Å². The molecule has 6 heteroatoms. The molecule has 0 saturated carbocycles. The number of hydrogen-bond donors (Lipinski definition) is 2. The fourth-order valence-corrected chi connectivity index (χ4v) is 2.90. The fraction of sp³-hybridized carbons (Fsp3) is 0.647. The number of nitrogens with one attached hydrogen (secondary N) is 1. The minimum Gasteiger partial charge on any atom is -0.394 e. The zero-order valence-electron chi connectivity index (χ0n) is 14.7. The van der Waals surface area contributed by atoms with Gasteiger partial charge < -0.3 is 15.0 Å². The Morgan fingerprint density at radius 1 is 1.26 bits per heavy atom. The maximum Gasteiger partial charge on any atom is 0.111 e. The van der Waals surface area contributed by atoms with Gasteiger partial charge >= 0.3 is 0 Å². The quantitative estimate of drug-likeness (QED) is 0.694. The van der Waals surface area contributed by atoms with Gasteiger partial charge in [-0.15, -0.1) is 0 Å². The molecule has 2 N–H and O–H groups in total. The van der Waals surface area contributed by atoms with Gasteiger partial charge in [0.05, 0.1) is 18.8 Å². The molecule has 0 bridgehead atoms. The maximum absolute atomic E-state index is 9.06. The van der Waals surface area contributed by atoms with Crippen LogP contribution in [0.15, 0.2) is 12.4 Å². The number of aliphatic hydroxyl groups excluding tert-OH is 1. The average Bonchev–Trinajstić information content (AvgIpc) is 3.07. The van der Waals surface area contributed by atoms with Gasteiger partial charge in [0.1, 0.15) is 5.82 Å². The Hall–Kier alpha value is -1.66. The highest BCUT2D eigenvalue weighted by Gasteiger charge is 2.10. The summed E-state index contributed by atoms with van der Waals surface area (Å²) >= 11 is 0. The molecule has 0 atom stereocenters. The molecule has 2 rings (SSSR count). The number of aryl methyl sites for hydroxylation is 2. The van der Waals surface area contributed by atoms with Gasteiger partial charge in [-0.25, -0.2) is 4.98 Å². The topological polar surface area (TPSA) is 67.9 Å². The summed E-state index contributed by atoms with van der Waals surface area (Å²) < 4.78 is 4.12. The van der Waals surface area contributed by atoms with Crippen LogP contribution in [0.5, 0.6) is 0 Å². The summed E-state index contributed by atoms with van der Waals surface area (Å²) in [5.41, 5.74) is 3.42. The van der Waals surface area contributed by atoms with Crippen molar-refractivity contribution < 1.29 is 5.11 Å². The van der Waals surface area contributed by atoms with E-state index in [0.717, 1.165) is 43.3 Å². The Morgan fingerprint density at radius 3 is 2.74 bits per heavy atom. The smallest absolute Gasteiger partial charge is 0.111 e. The predicted octanol–water partition coefficient (Wildman–Crippen LogP) is 1.99. The largest absolute Gasteiger partial charge is 0.394 e.